The van der Waals surface area contributed by atoms with E-state index in [1.807, 2.05) is 13.8 Å². The van der Waals surface area contributed by atoms with Gasteiger partial charge in [-0.15, -0.1) is 0 Å². The van der Waals surface area contributed by atoms with Crippen LogP contribution < -0.4 is 5.32 Å². The van der Waals surface area contributed by atoms with Gasteiger partial charge in [0.1, 0.15) is 0 Å². The van der Waals surface area contributed by atoms with Crippen LogP contribution in [0.2, 0.25) is 0 Å². The van der Waals surface area contributed by atoms with E-state index >= 15 is 0 Å². The number of carbonyl (C=O) groups is 1. The highest BCUT2D eigenvalue weighted by molar-refractivity contribution is 5.94. The van der Waals surface area contributed by atoms with Crippen LogP contribution in [-0.4, -0.2) is 12.8 Å². The van der Waals surface area contributed by atoms with Crippen LogP contribution in [-0.2, 0) is 4.79 Å². The molecule has 0 rings (SSSR count). The summed E-state index contributed by atoms with van der Waals surface area (Å²) in [6.07, 6.45) is 2.30. The molecule has 0 spiro atoms. The molecule has 0 fully saturated rings. The van der Waals surface area contributed by atoms with Crippen molar-refractivity contribution in [1.82, 2.24) is 5.32 Å². The van der Waals surface area contributed by atoms with Gasteiger partial charge < -0.3 is 5.32 Å². The molecule has 2 nitrogen and oxygen atoms in total. The first-order valence-corrected chi connectivity index (χ1v) is 3.09. The van der Waals surface area contributed by atoms with Crippen LogP contribution in [0.1, 0.15) is 20.3 Å². The fourth-order valence-electron chi connectivity index (χ4n) is 0.576. The highest BCUT2D eigenvalue weighted by atomic mass is 16.1. The van der Waals surface area contributed by atoms with Gasteiger partial charge in [0, 0.05) is 25.2 Å². The van der Waals surface area contributed by atoms with Crippen molar-refractivity contribution in [2.75, 3.05) is 7.05 Å². The molecule has 52 valence electrons. The third-order valence-electron chi connectivity index (χ3n) is 1.12. The summed E-state index contributed by atoms with van der Waals surface area (Å²) < 4.78 is 0. The van der Waals surface area contributed by atoms with E-state index in [9.17, 15) is 4.79 Å². The normalized spacial score (nSPS) is 11.2. The van der Waals surface area contributed by atoms with Crippen molar-refractivity contribution in [3.63, 3.8) is 0 Å². The smallest absolute Gasteiger partial charge is 0.159 e. The Kier molecular flexibility index (Phi) is 3.76. The molecule has 0 unspecified atom stereocenters. The SMILES string of the molecule is CCC(=O)/C(C)=C\NC. The van der Waals surface area contributed by atoms with Crippen LogP contribution in [0.25, 0.3) is 0 Å². The van der Waals surface area contributed by atoms with Crippen LogP contribution in [0, 0.1) is 0 Å². The number of carbonyl (C=O) groups excluding carboxylic acids is 1. The van der Waals surface area contributed by atoms with E-state index in [1.165, 1.54) is 0 Å². The summed E-state index contributed by atoms with van der Waals surface area (Å²) in [5.74, 6) is 0.198. The van der Waals surface area contributed by atoms with Crippen LogP contribution in [0.3, 0.4) is 0 Å². The number of hydrogen-bond acceptors (Lipinski definition) is 2. The first-order chi connectivity index (χ1) is 4.22. The quantitative estimate of drug-likeness (QED) is 0.575. The maximum Gasteiger partial charge on any atom is 0.159 e. The maximum absolute atomic E-state index is 10.8. The second kappa shape index (κ2) is 4.13. The van der Waals surface area contributed by atoms with Crippen LogP contribution in [0.4, 0.5) is 0 Å². The van der Waals surface area contributed by atoms with Crippen molar-refractivity contribution >= 4 is 5.78 Å². The van der Waals surface area contributed by atoms with Crippen molar-refractivity contribution < 1.29 is 4.79 Å². The van der Waals surface area contributed by atoms with Gasteiger partial charge in [0.2, 0.25) is 0 Å². The van der Waals surface area contributed by atoms with Gasteiger partial charge in [-0.05, 0) is 6.92 Å². The molecule has 0 aliphatic carbocycles. The minimum Gasteiger partial charge on any atom is -0.394 e. The van der Waals surface area contributed by atoms with Gasteiger partial charge in [0.05, 0.1) is 0 Å². The average Bonchev–Trinajstić information content (AvgIpc) is 1.87. The van der Waals surface area contributed by atoms with Gasteiger partial charge in [-0.1, -0.05) is 6.92 Å². The monoisotopic (exact) mass is 127 g/mol. The van der Waals surface area contributed by atoms with Crippen molar-refractivity contribution in [2.45, 2.75) is 20.3 Å². The van der Waals surface area contributed by atoms with E-state index in [1.54, 1.807) is 13.2 Å². The lowest BCUT2D eigenvalue weighted by Gasteiger charge is -1.94. The fourth-order valence-corrected chi connectivity index (χ4v) is 0.576. The Bertz CT molecular complexity index is 127. The third kappa shape index (κ3) is 2.90. The zero-order chi connectivity index (χ0) is 7.28. The summed E-state index contributed by atoms with van der Waals surface area (Å²) in [5.41, 5.74) is 0.792. The number of rotatable bonds is 3. The molecule has 2 heteroatoms. The highest BCUT2D eigenvalue weighted by Crippen LogP contribution is 1.94. The van der Waals surface area contributed by atoms with Gasteiger partial charge in [0.15, 0.2) is 5.78 Å². The zero-order valence-electron chi connectivity index (χ0n) is 6.19. The molecule has 0 atom stereocenters. The first kappa shape index (κ1) is 8.21. The summed E-state index contributed by atoms with van der Waals surface area (Å²) >= 11 is 0. The van der Waals surface area contributed by atoms with Crippen molar-refractivity contribution in [3.8, 4) is 0 Å². The lowest BCUT2D eigenvalue weighted by atomic mass is 10.2. The Morgan fingerprint density at radius 3 is 2.56 bits per heavy atom. The molecular weight excluding hydrogens is 114 g/mol. The molecule has 0 aromatic carbocycles. The Morgan fingerprint density at radius 2 is 2.22 bits per heavy atom. The fraction of sp³-hybridized carbons (Fsp3) is 0.571. The van der Waals surface area contributed by atoms with Crippen LogP contribution in [0.5, 0.6) is 0 Å². The molecule has 1 N–H and O–H groups in total. The van der Waals surface area contributed by atoms with E-state index in [0.717, 1.165) is 5.57 Å². The Morgan fingerprint density at radius 1 is 1.67 bits per heavy atom. The molecule has 0 aliphatic heterocycles. The van der Waals surface area contributed by atoms with Gasteiger partial charge in [-0.3, -0.25) is 4.79 Å². The van der Waals surface area contributed by atoms with E-state index < -0.39 is 0 Å². The minimum absolute atomic E-state index is 0.198. The molecule has 0 bridgehead atoms. The summed E-state index contributed by atoms with van der Waals surface area (Å²) in [4.78, 5) is 10.8. The average molecular weight is 127 g/mol. The largest absolute Gasteiger partial charge is 0.394 e. The van der Waals surface area contributed by atoms with E-state index in [2.05, 4.69) is 5.32 Å². The van der Waals surface area contributed by atoms with Crippen molar-refractivity contribution in [2.24, 2.45) is 0 Å². The lowest BCUT2D eigenvalue weighted by Crippen LogP contribution is -2.02. The molecular formula is C7H13NO. The Labute approximate surface area is 56.0 Å². The first-order valence-electron chi connectivity index (χ1n) is 3.09. The second-order valence-electron chi connectivity index (χ2n) is 1.89. The summed E-state index contributed by atoms with van der Waals surface area (Å²) in [6.45, 7) is 3.66. The predicted molar refractivity (Wildman–Crippen MR) is 38.1 cm³/mol. The third-order valence-corrected chi connectivity index (χ3v) is 1.12. The molecule has 0 heterocycles. The molecule has 0 saturated carbocycles. The minimum atomic E-state index is 0.198. The molecule has 0 amide bonds. The van der Waals surface area contributed by atoms with Crippen LogP contribution in [0.15, 0.2) is 11.8 Å². The maximum atomic E-state index is 10.8. The van der Waals surface area contributed by atoms with Crippen molar-refractivity contribution in [1.29, 1.82) is 0 Å². The van der Waals surface area contributed by atoms with Crippen molar-refractivity contribution in [3.05, 3.63) is 11.8 Å². The van der Waals surface area contributed by atoms with Crippen LogP contribution >= 0.6 is 0 Å². The summed E-state index contributed by atoms with van der Waals surface area (Å²) in [5, 5.41) is 2.80. The molecule has 0 saturated heterocycles. The van der Waals surface area contributed by atoms with Gasteiger partial charge in [-0.2, -0.15) is 0 Å². The van der Waals surface area contributed by atoms with E-state index in [4.69, 9.17) is 0 Å². The highest BCUT2D eigenvalue weighted by Gasteiger charge is 1.97. The van der Waals surface area contributed by atoms with E-state index in [-0.39, 0.29) is 5.78 Å². The number of ketones is 1. The molecule has 0 aromatic heterocycles. The van der Waals surface area contributed by atoms with E-state index in [0.29, 0.717) is 6.42 Å². The van der Waals surface area contributed by atoms with Gasteiger partial charge in [0.25, 0.3) is 0 Å². The number of nitrogens with one attached hydrogen (secondary N) is 1. The number of Topliss-reactive ketones (excluding diaryl/α,β-unsaturated/α-hetero) is 1. The Hall–Kier alpha value is -0.790. The predicted octanol–water partition coefficient (Wildman–Crippen LogP) is 1.09. The lowest BCUT2D eigenvalue weighted by molar-refractivity contribution is -0.115. The second-order valence-corrected chi connectivity index (χ2v) is 1.89. The van der Waals surface area contributed by atoms with Gasteiger partial charge >= 0.3 is 0 Å². The Balaban J connectivity index is 3.86. The number of allylic oxidation sites excluding steroid dienone is 1. The van der Waals surface area contributed by atoms with Gasteiger partial charge in [-0.25, -0.2) is 0 Å². The summed E-state index contributed by atoms with van der Waals surface area (Å²) in [7, 11) is 1.78. The zero-order valence-corrected chi connectivity index (χ0v) is 6.19. The standard InChI is InChI=1S/C7H13NO/c1-4-7(9)6(2)5-8-3/h5,8H,4H2,1-3H3/b6-5-. The molecule has 9 heavy (non-hydrogen) atoms. The number of hydrogen-bond donors (Lipinski definition) is 1. The summed E-state index contributed by atoms with van der Waals surface area (Å²) in [6, 6.07) is 0. The molecule has 0 aliphatic rings. The molecule has 0 aromatic rings. The topological polar surface area (TPSA) is 29.1 Å². The molecule has 0 radical (unpaired) electrons.